The van der Waals surface area contributed by atoms with Gasteiger partial charge in [-0.2, -0.15) is 0 Å². The SMILES string of the molecule is CN(CCCc1ccccc1)CCN(C)C1=NCc2ccccc21. The molecule has 1 heterocycles. The summed E-state index contributed by atoms with van der Waals surface area (Å²) in [5.41, 5.74) is 4.07. The molecule has 0 radical (unpaired) electrons. The quantitative estimate of drug-likeness (QED) is 0.778. The van der Waals surface area contributed by atoms with Crippen molar-refractivity contribution in [3.8, 4) is 0 Å². The van der Waals surface area contributed by atoms with Crippen molar-refractivity contribution >= 4 is 5.84 Å². The molecule has 0 atom stereocenters. The fourth-order valence-corrected chi connectivity index (χ4v) is 3.18. The van der Waals surface area contributed by atoms with Crippen LogP contribution < -0.4 is 0 Å². The zero-order chi connectivity index (χ0) is 16.8. The molecule has 0 spiro atoms. The van der Waals surface area contributed by atoms with E-state index in [2.05, 4.69) is 78.5 Å². The number of aliphatic imine (C=N–C) groups is 1. The maximum Gasteiger partial charge on any atom is 0.131 e. The molecule has 0 aromatic heterocycles. The smallest absolute Gasteiger partial charge is 0.131 e. The molecule has 0 amide bonds. The van der Waals surface area contributed by atoms with Gasteiger partial charge in [-0.25, -0.2) is 0 Å². The van der Waals surface area contributed by atoms with Crippen molar-refractivity contribution in [3.63, 3.8) is 0 Å². The van der Waals surface area contributed by atoms with Gasteiger partial charge in [0.05, 0.1) is 6.54 Å². The summed E-state index contributed by atoms with van der Waals surface area (Å²) < 4.78 is 0. The van der Waals surface area contributed by atoms with Gasteiger partial charge in [0.2, 0.25) is 0 Å². The Balaban J connectivity index is 1.41. The minimum Gasteiger partial charge on any atom is -0.358 e. The average Bonchev–Trinajstić information content (AvgIpc) is 3.05. The normalized spacial score (nSPS) is 13.0. The first-order valence-corrected chi connectivity index (χ1v) is 8.80. The molecule has 1 aliphatic heterocycles. The number of hydrogen-bond acceptors (Lipinski definition) is 3. The highest BCUT2D eigenvalue weighted by Gasteiger charge is 2.18. The lowest BCUT2D eigenvalue weighted by Crippen LogP contribution is -2.35. The molecular formula is C21H27N3. The van der Waals surface area contributed by atoms with Crippen LogP contribution in [-0.2, 0) is 13.0 Å². The maximum absolute atomic E-state index is 4.71. The van der Waals surface area contributed by atoms with Gasteiger partial charge >= 0.3 is 0 Å². The van der Waals surface area contributed by atoms with Gasteiger partial charge in [0, 0.05) is 25.7 Å². The topological polar surface area (TPSA) is 18.8 Å². The summed E-state index contributed by atoms with van der Waals surface area (Å²) in [6.45, 7) is 4.02. The monoisotopic (exact) mass is 321 g/mol. The van der Waals surface area contributed by atoms with Crippen LogP contribution in [-0.4, -0.2) is 49.4 Å². The van der Waals surface area contributed by atoms with Crippen molar-refractivity contribution in [2.75, 3.05) is 33.7 Å². The summed E-state index contributed by atoms with van der Waals surface area (Å²) in [7, 11) is 4.36. The molecule has 0 unspecified atom stereocenters. The van der Waals surface area contributed by atoms with Crippen molar-refractivity contribution in [2.24, 2.45) is 4.99 Å². The first kappa shape index (κ1) is 16.7. The lowest BCUT2D eigenvalue weighted by atomic mass is 10.1. The van der Waals surface area contributed by atoms with Crippen molar-refractivity contribution in [1.82, 2.24) is 9.80 Å². The van der Waals surface area contributed by atoms with Gasteiger partial charge in [0.25, 0.3) is 0 Å². The number of fused-ring (bicyclic) bond motifs is 1. The van der Waals surface area contributed by atoms with E-state index in [-0.39, 0.29) is 0 Å². The van der Waals surface area contributed by atoms with Gasteiger partial charge in [-0.05, 0) is 37.6 Å². The Bertz CT molecular complexity index is 678. The molecule has 1 aliphatic rings. The van der Waals surface area contributed by atoms with Gasteiger partial charge in [-0.3, -0.25) is 4.99 Å². The Labute approximate surface area is 145 Å². The molecule has 24 heavy (non-hydrogen) atoms. The Kier molecular flexibility index (Phi) is 5.65. The first-order chi connectivity index (χ1) is 11.7. The van der Waals surface area contributed by atoms with Crippen LogP contribution in [0.25, 0.3) is 0 Å². The van der Waals surface area contributed by atoms with Crippen LogP contribution in [0, 0.1) is 0 Å². The number of hydrogen-bond donors (Lipinski definition) is 0. The molecule has 0 aliphatic carbocycles. The second-order valence-corrected chi connectivity index (χ2v) is 6.61. The second-order valence-electron chi connectivity index (χ2n) is 6.61. The van der Waals surface area contributed by atoms with E-state index in [9.17, 15) is 0 Å². The molecule has 0 saturated carbocycles. The lowest BCUT2D eigenvalue weighted by Gasteiger charge is -2.24. The third-order valence-electron chi connectivity index (χ3n) is 4.68. The third kappa shape index (κ3) is 4.24. The van der Waals surface area contributed by atoms with E-state index in [0.717, 1.165) is 38.4 Å². The van der Waals surface area contributed by atoms with Gasteiger partial charge in [0.1, 0.15) is 5.84 Å². The van der Waals surface area contributed by atoms with E-state index in [1.54, 1.807) is 0 Å². The van der Waals surface area contributed by atoms with E-state index < -0.39 is 0 Å². The summed E-state index contributed by atoms with van der Waals surface area (Å²) >= 11 is 0. The number of aryl methyl sites for hydroxylation is 1. The molecule has 3 nitrogen and oxygen atoms in total. The van der Waals surface area contributed by atoms with Crippen LogP contribution in [0.5, 0.6) is 0 Å². The van der Waals surface area contributed by atoms with Crippen molar-refractivity contribution < 1.29 is 0 Å². The molecule has 3 heteroatoms. The summed E-state index contributed by atoms with van der Waals surface area (Å²) in [5, 5.41) is 0. The minimum absolute atomic E-state index is 0.822. The fourth-order valence-electron chi connectivity index (χ4n) is 3.18. The highest BCUT2D eigenvalue weighted by molar-refractivity contribution is 6.01. The van der Waals surface area contributed by atoms with Crippen LogP contribution in [0.2, 0.25) is 0 Å². The zero-order valence-electron chi connectivity index (χ0n) is 14.8. The van der Waals surface area contributed by atoms with Gasteiger partial charge in [0.15, 0.2) is 0 Å². The first-order valence-electron chi connectivity index (χ1n) is 8.80. The largest absolute Gasteiger partial charge is 0.358 e. The maximum atomic E-state index is 4.71. The van der Waals surface area contributed by atoms with Gasteiger partial charge < -0.3 is 9.80 Å². The van der Waals surface area contributed by atoms with E-state index in [1.165, 1.54) is 23.1 Å². The van der Waals surface area contributed by atoms with Crippen LogP contribution in [0.3, 0.4) is 0 Å². The highest BCUT2D eigenvalue weighted by atomic mass is 15.2. The van der Waals surface area contributed by atoms with E-state index >= 15 is 0 Å². The zero-order valence-corrected chi connectivity index (χ0v) is 14.8. The van der Waals surface area contributed by atoms with Crippen molar-refractivity contribution in [2.45, 2.75) is 19.4 Å². The molecule has 0 bridgehead atoms. The lowest BCUT2D eigenvalue weighted by molar-refractivity contribution is 0.302. The molecule has 126 valence electrons. The van der Waals surface area contributed by atoms with Crippen LogP contribution in [0.15, 0.2) is 59.6 Å². The molecule has 2 aromatic carbocycles. The predicted molar refractivity (Wildman–Crippen MR) is 102 cm³/mol. The highest BCUT2D eigenvalue weighted by Crippen LogP contribution is 2.19. The van der Waals surface area contributed by atoms with Gasteiger partial charge in [-0.15, -0.1) is 0 Å². The molecule has 2 aromatic rings. The molecule has 3 rings (SSSR count). The Morgan fingerprint density at radius 3 is 2.46 bits per heavy atom. The third-order valence-corrected chi connectivity index (χ3v) is 4.68. The summed E-state index contributed by atoms with van der Waals surface area (Å²) in [5.74, 6) is 1.14. The molecular weight excluding hydrogens is 294 g/mol. The number of nitrogens with zero attached hydrogens (tertiary/aromatic N) is 3. The van der Waals surface area contributed by atoms with E-state index in [4.69, 9.17) is 4.99 Å². The molecule has 0 N–H and O–H groups in total. The van der Waals surface area contributed by atoms with Crippen molar-refractivity contribution in [3.05, 3.63) is 71.3 Å². The Morgan fingerprint density at radius 2 is 1.62 bits per heavy atom. The fraction of sp³-hybridized carbons (Fsp3) is 0.381. The number of likely N-dealkylation sites (N-methyl/N-ethyl adjacent to an activating group) is 2. The average molecular weight is 321 g/mol. The minimum atomic E-state index is 0.822. The van der Waals surface area contributed by atoms with E-state index in [1.807, 2.05) is 0 Å². The summed E-state index contributed by atoms with van der Waals surface area (Å²) in [6.07, 6.45) is 2.36. The predicted octanol–water partition coefficient (Wildman–Crippen LogP) is 3.44. The molecule has 0 fully saturated rings. The summed E-state index contributed by atoms with van der Waals surface area (Å²) in [6, 6.07) is 19.3. The number of amidine groups is 1. The Morgan fingerprint density at radius 1 is 0.875 bits per heavy atom. The van der Waals surface area contributed by atoms with Crippen LogP contribution in [0.4, 0.5) is 0 Å². The summed E-state index contributed by atoms with van der Waals surface area (Å²) in [4.78, 5) is 9.42. The van der Waals surface area contributed by atoms with E-state index in [0.29, 0.717) is 0 Å². The van der Waals surface area contributed by atoms with Crippen molar-refractivity contribution in [1.29, 1.82) is 0 Å². The second kappa shape index (κ2) is 8.11. The Hall–Kier alpha value is -2.13. The van der Waals surface area contributed by atoms with Gasteiger partial charge in [-0.1, -0.05) is 54.6 Å². The molecule has 0 saturated heterocycles. The van der Waals surface area contributed by atoms with Crippen LogP contribution in [0.1, 0.15) is 23.1 Å². The number of rotatable bonds is 7. The number of benzene rings is 2. The van der Waals surface area contributed by atoms with Crippen LogP contribution >= 0.6 is 0 Å². The standard InChI is InChI=1S/C21H27N3/c1-23(14-8-11-18-9-4-3-5-10-18)15-16-24(2)21-20-13-7-6-12-19(20)17-22-21/h3-7,9-10,12-13H,8,11,14-17H2,1-2H3.